The molecule has 170 valence electrons. The van der Waals surface area contributed by atoms with E-state index < -0.39 is 0 Å². The fourth-order valence-electron chi connectivity index (χ4n) is 3.74. The van der Waals surface area contributed by atoms with Crippen molar-refractivity contribution in [3.05, 3.63) is 93.6 Å². The van der Waals surface area contributed by atoms with Crippen molar-refractivity contribution in [3.8, 4) is 0 Å². The smallest absolute Gasteiger partial charge is 0.257 e. The lowest BCUT2D eigenvalue weighted by Crippen LogP contribution is -2.27. The molecule has 6 nitrogen and oxygen atoms in total. The Hall–Kier alpha value is -3.32. The lowest BCUT2D eigenvalue weighted by atomic mass is 9.97. The number of ketones is 1. The minimum absolute atomic E-state index is 0. The number of nitrogens with one attached hydrogen (secondary N) is 2. The monoisotopic (exact) mass is 506 g/mol. The number of carbonyl (C=O) groups excluding carboxylic acids is 2. The highest BCUT2D eigenvalue weighted by Crippen LogP contribution is 2.18. The van der Waals surface area contributed by atoms with E-state index in [1.54, 1.807) is 48.7 Å². The van der Waals surface area contributed by atoms with Crippen LogP contribution in [0.15, 0.2) is 71.3 Å². The van der Waals surface area contributed by atoms with Crippen LogP contribution in [0.25, 0.3) is 0 Å². The van der Waals surface area contributed by atoms with Crippen molar-refractivity contribution in [1.29, 1.82) is 5.41 Å². The first-order chi connectivity index (χ1) is 15.5. The quantitative estimate of drug-likeness (QED) is 0.259. The number of rotatable bonds is 6. The summed E-state index contributed by atoms with van der Waals surface area (Å²) in [6.07, 6.45) is 3.95. The summed E-state index contributed by atoms with van der Waals surface area (Å²) in [5.74, 6) is 0.560. The Balaban J connectivity index is 0.00000306. The van der Waals surface area contributed by atoms with Gasteiger partial charge in [0.05, 0.1) is 0 Å². The number of hydrogen-bond acceptors (Lipinski definition) is 4. The van der Waals surface area contributed by atoms with Crippen LogP contribution in [0.1, 0.15) is 52.1 Å². The fourth-order valence-corrected chi connectivity index (χ4v) is 3.98. The normalized spacial score (nSPS) is 12.7. The third kappa shape index (κ3) is 5.93. The maximum Gasteiger partial charge on any atom is 0.257 e. The average molecular weight is 507 g/mol. The van der Waals surface area contributed by atoms with Gasteiger partial charge in [0.15, 0.2) is 5.78 Å². The molecule has 0 atom stereocenters. The fraction of sp³-hybridized carbons (Fsp3) is 0.231. The Morgan fingerprint density at radius 1 is 0.970 bits per heavy atom. The van der Waals surface area contributed by atoms with E-state index in [0.29, 0.717) is 28.3 Å². The van der Waals surface area contributed by atoms with Gasteiger partial charge in [0.25, 0.3) is 5.91 Å². The SMILES string of the molecule is C.N=C(c1ccc(C(=O)Cc2ccccc2C(=O)Nc2ccc(Br)cn2)cc1)N1CCCC1. The van der Waals surface area contributed by atoms with Gasteiger partial charge in [0, 0.05) is 46.9 Å². The topological polar surface area (TPSA) is 86.1 Å². The second-order valence-electron chi connectivity index (χ2n) is 7.69. The minimum Gasteiger partial charge on any atom is -0.357 e. The number of nitrogens with zero attached hydrogens (tertiary/aromatic N) is 2. The second-order valence-corrected chi connectivity index (χ2v) is 8.61. The van der Waals surface area contributed by atoms with E-state index in [0.717, 1.165) is 36.0 Å². The largest absolute Gasteiger partial charge is 0.357 e. The Morgan fingerprint density at radius 3 is 2.30 bits per heavy atom. The Kier molecular flexibility index (Phi) is 8.11. The summed E-state index contributed by atoms with van der Waals surface area (Å²) in [4.78, 5) is 31.9. The van der Waals surface area contributed by atoms with E-state index in [2.05, 4.69) is 31.1 Å². The summed E-state index contributed by atoms with van der Waals surface area (Å²) in [7, 11) is 0. The Morgan fingerprint density at radius 2 is 1.64 bits per heavy atom. The van der Waals surface area contributed by atoms with Gasteiger partial charge in [-0.3, -0.25) is 15.0 Å². The van der Waals surface area contributed by atoms with Crippen molar-refractivity contribution in [2.45, 2.75) is 26.7 Å². The number of halogens is 1. The van der Waals surface area contributed by atoms with Gasteiger partial charge >= 0.3 is 0 Å². The second kappa shape index (κ2) is 11.0. The molecule has 3 aromatic rings. The lowest BCUT2D eigenvalue weighted by Gasteiger charge is -2.18. The van der Waals surface area contributed by atoms with Crippen molar-refractivity contribution >= 4 is 39.3 Å². The van der Waals surface area contributed by atoms with Gasteiger partial charge in [-0.05, 0) is 52.5 Å². The van der Waals surface area contributed by atoms with Crippen molar-refractivity contribution < 1.29 is 9.59 Å². The first kappa shape index (κ1) is 24.3. The number of amidine groups is 1. The summed E-state index contributed by atoms with van der Waals surface area (Å²) in [5, 5.41) is 11.1. The molecule has 4 rings (SSSR count). The van der Waals surface area contributed by atoms with Crippen LogP contribution >= 0.6 is 15.9 Å². The summed E-state index contributed by atoms with van der Waals surface area (Å²) < 4.78 is 0.822. The number of benzene rings is 2. The molecule has 0 saturated carbocycles. The maximum absolute atomic E-state index is 12.9. The van der Waals surface area contributed by atoms with Crippen molar-refractivity contribution in [3.63, 3.8) is 0 Å². The summed E-state index contributed by atoms with van der Waals surface area (Å²) in [6, 6.07) is 17.8. The van der Waals surface area contributed by atoms with E-state index >= 15 is 0 Å². The highest BCUT2D eigenvalue weighted by molar-refractivity contribution is 9.10. The van der Waals surface area contributed by atoms with Crippen LogP contribution in [-0.4, -0.2) is 40.5 Å². The molecule has 1 aliphatic rings. The molecule has 1 aliphatic heterocycles. The van der Waals surface area contributed by atoms with Crippen LogP contribution < -0.4 is 5.32 Å². The number of likely N-dealkylation sites (tertiary alicyclic amines) is 1. The predicted molar refractivity (Wildman–Crippen MR) is 135 cm³/mol. The molecule has 33 heavy (non-hydrogen) atoms. The lowest BCUT2D eigenvalue weighted by molar-refractivity contribution is 0.0992. The number of aromatic nitrogens is 1. The molecule has 1 amide bonds. The van der Waals surface area contributed by atoms with Gasteiger partial charge in [0.2, 0.25) is 0 Å². The molecule has 2 aromatic carbocycles. The van der Waals surface area contributed by atoms with Gasteiger partial charge in [-0.1, -0.05) is 49.9 Å². The van der Waals surface area contributed by atoms with Gasteiger partial charge < -0.3 is 10.2 Å². The van der Waals surface area contributed by atoms with Crippen LogP contribution in [0.2, 0.25) is 0 Å². The van der Waals surface area contributed by atoms with Gasteiger partial charge in [0.1, 0.15) is 11.7 Å². The number of pyridine rings is 1. The van der Waals surface area contributed by atoms with Crippen LogP contribution in [0, 0.1) is 5.41 Å². The summed E-state index contributed by atoms with van der Waals surface area (Å²) in [6.45, 7) is 1.82. The maximum atomic E-state index is 12.9. The molecule has 1 fully saturated rings. The molecule has 0 bridgehead atoms. The summed E-state index contributed by atoms with van der Waals surface area (Å²) >= 11 is 3.32. The molecule has 1 aromatic heterocycles. The molecule has 2 N–H and O–H groups in total. The standard InChI is InChI=1S/C25H23BrN4O2.CH4/c26-20-11-12-23(28-16-20)29-25(32)21-6-2-1-5-19(21)15-22(31)17-7-9-18(10-8-17)24(27)30-13-3-4-14-30;/h1-2,5-12,16,27H,3-4,13-15H2,(H,28,29,32);1H4. The Bertz CT molecular complexity index is 1140. The van der Waals surface area contributed by atoms with E-state index in [-0.39, 0.29) is 25.5 Å². The molecule has 7 heteroatoms. The van der Waals surface area contributed by atoms with E-state index in [9.17, 15) is 9.59 Å². The molecule has 0 aliphatic carbocycles. The molecule has 1 saturated heterocycles. The third-order valence-electron chi connectivity index (χ3n) is 5.48. The number of carbonyl (C=O) groups is 2. The van der Waals surface area contributed by atoms with Crippen molar-refractivity contribution in [2.24, 2.45) is 0 Å². The van der Waals surface area contributed by atoms with Crippen LogP contribution in [-0.2, 0) is 6.42 Å². The zero-order valence-corrected chi connectivity index (χ0v) is 19.1. The van der Waals surface area contributed by atoms with Crippen LogP contribution in [0.3, 0.4) is 0 Å². The number of amides is 1. The highest BCUT2D eigenvalue weighted by atomic mass is 79.9. The zero-order valence-electron chi connectivity index (χ0n) is 17.5. The van der Waals surface area contributed by atoms with Gasteiger partial charge in [-0.2, -0.15) is 0 Å². The zero-order chi connectivity index (χ0) is 22.5. The average Bonchev–Trinajstić information content (AvgIpc) is 3.35. The number of anilines is 1. The highest BCUT2D eigenvalue weighted by Gasteiger charge is 2.18. The first-order valence-corrected chi connectivity index (χ1v) is 11.3. The van der Waals surface area contributed by atoms with Gasteiger partial charge in [-0.15, -0.1) is 0 Å². The van der Waals surface area contributed by atoms with E-state index in [4.69, 9.17) is 5.41 Å². The number of Topliss-reactive ketones (excluding diaryl/α,β-unsaturated/α-hetero) is 1. The van der Waals surface area contributed by atoms with Crippen LogP contribution in [0.4, 0.5) is 5.82 Å². The van der Waals surface area contributed by atoms with E-state index in [1.807, 2.05) is 18.2 Å². The molecule has 0 spiro atoms. The third-order valence-corrected chi connectivity index (χ3v) is 5.95. The van der Waals surface area contributed by atoms with Gasteiger partial charge in [-0.25, -0.2) is 4.98 Å². The predicted octanol–water partition coefficient (Wildman–Crippen LogP) is 5.58. The van der Waals surface area contributed by atoms with E-state index in [1.165, 1.54) is 0 Å². The van der Waals surface area contributed by atoms with Crippen LogP contribution in [0.5, 0.6) is 0 Å². The van der Waals surface area contributed by atoms with Crippen molar-refractivity contribution in [2.75, 3.05) is 18.4 Å². The molecular formula is C26H27BrN4O2. The number of hydrogen-bond donors (Lipinski definition) is 2. The first-order valence-electron chi connectivity index (χ1n) is 10.5. The summed E-state index contributed by atoms with van der Waals surface area (Å²) in [5.41, 5.74) is 2.47. The molecular weight excluding hydrogens is 480 g/mol. The minimum atomic E-state index is -0.308. The van der Waals surface area contributed by atoms with Crippen molar-refractivity contribution in [1.82, 2.24) is 9.88 Å². The molecule has 0 radical (unpaired) electrons. The molecule has 0 unspecified atom stereocenters. The Labute approximate surface area is 202 Å². The molecule has 2 heterocycles.